The second kappa shape index (κ2) is 5.53. The molecule has 0 aliphatic heterocycles. The number of phenolic OH excluding ortho intramolecular Hbond substituents is 1. The van der Waals surface area contributed by atoms with Gasteiger partial charge in [-0.15, -0.1) is 11.3 Å². The van der Waals surface area contributed by atoms with Crippen LogP contribution in [-0.4, -0.2) is 27.3 Å². The molecular formula is C14H13N3O3S. The molecule has 0 radical (unpaired) electrons. The van der Waals surface area contributed by atoms with Crippen molar-refractivity contribution in [3.8, 4) is 23.0 Å². The first-order valence-electron chi connectivity index (χ1n) is 6.26. The summed E-state index contributed by atoms with van der Waals surface area (Å²) in [6.45, 7) is 1.94. The van der Waals surface area contributed by atoms with E-state index in [1.54, 1.807) is 30.6 Å². The number of methoxy groups -OCH3 is 1. The third-order valence-electron chi connectivity index (χ3n) is 2.88. The third-order valence-corrected chi connectivity index (χ3v) is 3.84. The van der Waals surface area contributed by atoms with Crippen molar-refractivity contribution in [2.24, 2.45) is 0 Å². The lowest BCUT2D eigenvalue weighted by atomic mass is 10.2. The van der Waals surface area contributed by atoms with Crippen LogP contribution in [0.25, 0.3) is 11.5 Å². The third kappa shape index (κ3) is 2.87. The van der Waals surface area contributed by atoms with Crippen molar-refractivity contribution in [3.63, 3.8) is 0 Å². The first-order valence-corrected chi connectivity index (χ1v) is 7.14. The van der Waals surface area contributed by atoms with Crippen LogP contribution in [-0.2, 0) is 6.42 Å². The summed E-state index contributed by atoms with van der Waals surface area (Å²) >= 11 is 1.56. The maximum absolute atomic E-state index is 9.89. The van der Waals surface area contributed by atoms with Gasteiger partial charge in [0.1, 0.15) is 16.5 Å². The van der Waals surface area contributed by atoms with E-state index in [1.807, 2.05) is 12.3 Å². The Bertz CT molecular complexity index is 766. The van der Waals surface area contributed by atoms with E-state index in [0.29, 0.717) is 23.6 Å². The molecule has 0 amide bonds. The molecule has 2 heterocycles. The SMILES string of the molecule is COc1ccc(O)c(-c2nc(Cc3nc(C)cs3)no2)c1. The molecule has 0 fully saturated rings. The van der Waals surface area contributed by atoms with Crippen LogP contribution >= 0.6 is 11.3 Å². The van der Waals surface area contributed by atoms with Crippen LogP contribution < -0.4 is 4.74 Å². The van der Waals surface area contributed by atoms with Crippen LogP contribution in [0.4, 0.5) is 0 Å². The van der Waals surface area contributed by atoms with Crippen LogP contribution in [0.2, 0.25) is 0 Å². The highest BCUT2D eigenvalue weighted by Crippen LogP contribution is 2.31. The fourth-order valence-corrected chi connectivity index (χ4v) is 2.64. The Balaban J connectivity index is 1.87. The predicted octanol–water partition coefficient (Wildman–Crippen LogP) is 2.81. The van der Waals surface area contributed by atoms with Crippen LogP contribution in [0.5, 0.6) is 11.5 Å². The van der Waals surface area contributed by atoms with Gasteiger partial charge in [0.2, 0.25) is 0 Å². The highest BCUT2D eigenvalue weighted by molar-refractivity contribution is 7.09. The highest BCUT2D eigenvalue weighted by atomic mass is 32.1. The minimum Gasteiger partial charge on any atom is -0.507 e. The zero-order valence-electron chi connectivity index (χ0n) is 11.5. The molecule has 0 bridgehead atoms. The van der Waals surface area contributed by atoms with Crippen LogP contribution in [0.1, 0.15) is 16.5 Å². The van der Waals surface area contributed by atoms with Gasteiger partial charge < -0.3 is 14.4 Å². The average molecular weight is 303 g/mol. The molecular weight excluding hydrogens is 290 g/mol. The lowest BCUT2D eigenvalue weighted by Crippen LogP contribution is -1.90. The zero-order chi connectivity index (χ0) is 14.8. The minimum atomic E-state index is 0.0658. The maximum Gasteiger partial charge on any atom is 0.261 e. The van der Waals surface area contributed by atoms with E-state index in [0.717, 1.165) is 10.7 Å². The minimum absolute atomic E-state index is 0.0658. The van der Waals surface area contributed by atoms with Crippen LogP contribution in [0, 0.1) is 6.92 Å². The summed E-state index contributed by atoms with van der Waals surface area (Å²) < 4.78 is 10.3. The Morgan fingerprint density at radius 1 is 1.33 bits per heavy atom. The van der Waals surface area contributed by atoms with E-state index in [-0.39, 0.29) is 11.6 Å². The van der Waals surface area contributed by atoms with Gasteiger partial charge in [0.15, 0.2) is 5.82 Å². The summed E-state index contributed by atoms with van der Waals surface area (Å²) in [5.41, 5.74) is 1.42. The van der Waals surface area contributed by atoms with Gasteiger partial charge >= 0.3 is 0 Å². The van der Waals surface area contributed by atoms with Crippen molar-refractivity contribution < 1.29 is 14.4 Å². The number of hydrogen-bond acceptors (Lipinski definition) is 7. The molecule has 1 aromatic carbocycles. The smallest absolute Gasteiger partial charge is 0.261 e. The quantitative estimate of drug-likeness (QED) is 0.798. The zero-order valence-corrected chi connectivity index (χ0v) is 12.3. The molecule has 0 atom stereocenters. The Morgan fingerprint density at radius 2 is 2.19 bits per heavy atom. The van der Waals surface area contributed by atoms with Crippen molar-refractivity contribution in [2.45, 2.75) is 13.3 Å². The van der Waals surface area contributed by atoms with Gasteiger partial charge in [0.05, 0.1) is 19.1 Å². The summed E-state index contributed by atoms with van der Waals surface area (Å²) in [4.78, 5) is 8.65. The van der Waals surface area contributed by atoms with Gasteiger partial charge in [-0.2, -0.15) is 4.98 Å². The molecule has 108 valence electrons. The summed E-state index contributed by atoms with van der Waals surface area (Å²) in [6.07, 6.45) is 0.507. The van der Waals surface area contributed by atoms with E-state index in [4.69, 9.17) is 9.26 Å². The fraction of sp³-hybridized carbons (Fsp3) is 0.214. The lowest BCUT2D eigenvalue weighted by Gasteiger charge is -2.02. The van der Waals surface area contributed by atoms with Crippen molar-refractivity contribution in [3.05, 3.63) is 40.1 Å². The second-order valence-electron chi connectivity index (χ2n) is 4.46. The number of aromatic hydroxyl groups is 1. The molecule has 0 saturated carbocycles. The molecule has 7 heteroatoms. The monoisotopic (exact) mass is 303 g/mol. The number of phenols is 1. The van der Waals surface area contributed by atoms with Crippen molar-refractivity contribution in [1.82, 2.24) is 15.1 Å². The van der Waals surface area contributed by atoms with Gasteiger partial charge in [0.25, 0.3) is 5.89 Å². The van der Waals surface area contributed by atoms with E-state index < -0.39 is 0 Å². The highest BCUT2D eigenvalue weighted by Gasteiger charge is 2.15. The molecule has 1 N–H and O–H groups in total. The van der Waals surface area contributed by atoms with Gasteiger partial charge in [-0.3, -0.25) is 0 Å². The first-order chi connectivity index (χ1) is 10.2. The molecule has 0 aliphatic carbocycles. The standard InChI is InChI=1S/C14H13N3O3S/c1-8-7-21-13(15-8)6-12-16-14(20-17-12)10-5-9(19-2)3-4-11(10)18/h3-5,7,18H,6H2,1-2H3. The second-order valence-corrected chi connectivity index (χ2v) is 5.40. The normalized spacial score (nSPS) is 10.8. The molecule has 2 aromatic heterocycles. The Morgan fingerprint density at radius 3 is 2.90 bits per heavy atom. The van der Waals surface area contributed by atoms with Gasteiger partial charge in [0, 0.05) is 11.1 Å². The number of benzene rings is 1. The average Bonchev–Trinajstić information content (AvgIpc) is 3.09. The molecule has 6 nitrogen and oxygen atoms in total. The van der Waals surface area contributed by atoms with Crippen molar-refractivity contribution in [2.75, 3.05) is 7.11 Å². The van der Waals surface area contributed by atoms with Gasteiger partial charge in [-0.05, 0) is 25.1 Å². The number of aromatic nitrogens is 3. The topological polar surface area (TPSA) is 81.3 Å². The van der Waals surface area contributed by atoms with E-state index in [1.165, 1.54) is 6.07 Å². The molecule has 0 saturated heterocycles. The number of aryl methyl sites for hydroxylation is 1. The largest absolute Gasteiger partial charge is 0.507 e. The molecule has 0 unspecified atom stereocenters. The lowest BCUT2D eigenvalue weighted by molar-refractivity contribution is 0.407. The molecule has 0 aliphatic rings. The van der Waals surface area contributed by atoms with Crippen molar-refractivity contribution >= 4 is 11.3 Å². The number of rotatable bonds is 4. The fourth-order valence-electron chi connectivity index (χ4n) is 1.87. The summed E-state index contributed by atoms with van der Waals surface area (Å²) in [5, 5.41) is 16.7. The predicted molar refractivity (Wildman–Crippen MR) is 77.6 cm³/mol. The van der Waals surface area contributed by atoms with E-state index in [9.17, 15) is 5.11 Å². The Hall–Kier alpha value is -2.41. The van der Waals surface area contributed by atoms with Crippen LogP contribution in [0.3, 0.4) is 0 Å². The first kappa shape index (κ1) is 13.6. The van der Waals surface area contributed by atoms with Gasteiger partial charge in [-0.25, -0.2) is 4.98 Å². The molecule has 3 rings (SSSR count). The molecule has 21 heavy (non-hydrogen) atoms. The Kier molecular flexibility index (Phi) is 3.57. The van der Waals surface area contributed by atoms with Crippen LogP contribution in [0.15, 0.2) is 28.1 Å². The number of nitrogens with zero attached hydrogens (tertiary/aromatic N) is 3. The number of ether oxygens (including phenoxy) is 1. The molecule has 0 spiro atoms. The maximum atomic E-state index is 9.89. The summed E-state index contributed by atoms with van der Waals surface area (Å²) in [6, 6.07) is 4.84. The summed E-state index contributed by atoms with van der Waals surface area (Å²) in [7, 11) is 1.56. The number of thiazole rings is 1. The Labute approximate surface area is 125 Å². The van der Waals surface area contributed by atoms with Crippen molar-refractivity contribution in [1.29, 1.82) is 0 Å². The van der Waals surface area contributed by atoms with E-state index in [2.05, 4.69) is 15.1 Å². The number of hydrogen-bond donors (Lipinski definition) is 1. The molecule has 3 aromatic rings. The van der Waals surface area contributed by atoms with Gasteiger partial charge in [-0.1, -0.05) is 5.16 Å². The van der Waals surface area contributed by atoms with E-state index >= 15 is 0 Å². The summed E-state index contributed by atoms with van der Waals surface area (Å²) in [5.74, 6) is 1.46.